The molecule has 0 aromatic heterocycles. The van der Waals surface area contributed by atoms with Crippen molar-refractivity contribution in [1.82, 2.24) is 0 Å². The van der Waals surface area contributed by atoms with Gasteiger partial charge in [-0.25, -0.2) is 8.78 Å². The molecule has 0 heterocycles. The second kappa shape index (κ2) is 5.27. The molecule has 74 valence electrons. The SMILES string of the molecule is FC(F)C(=S)OC1=CCCCCC1. The second-order valence-electron chi connectivity index (χ2n) is 2.99. The van der Waals surface area contributed by atoms with Gasteiger partial charge in [-0.3, -0.25) is 0 Å². The van der Waals surface area contributed by atoms with E-state index in [0.717, 1.165) is 32.1 Å². The lowest BCUT2D eigenvalue weighted by Gasteiger charge is -2.08. The van der Waals surface area contributed by atoms with Crippen molar-refractivity contribution in [2.24, 2.45) is 0 Å². The molecule has 0 aromatic carbocycles. The molecule has 0 N–H and O–H groups in total. The summed E-state index contributed by atoms with van der Waals surface area (Å²) in [6.07, 6.45) is 4.08. The molecule has 1 aliphatic rings. The Labute approximate surface area is 81.8 Å². The molecule has 0 radical (unpaired) electrons. The summed E-state index contributed by atoms with van der Waals surface area (Å²) in [7, 11) is 0. The van der Waals surface area contributed by atoms with Crippen LogP contribution in [0, 0.1) is 0 Å². The zero-order valence-corrected chi connectivity index (χ0v) is 8.08. The minimum Gasteiger partial charge on any atom is -0.449 e. The molecule has 0 amide bonds. The third-order valence-electron chi connectivity index (χ3n) is 1.91. The van der Waals surface area contributed by atoms with Gasteiger partial charge < -0.3 is 4.74 Å². The molecular formula is C9H12F2OS. The molecule has 0 fully saturated rings. The molecule has 0 saturated heterocycles. The van der Waals surface area contributed by atoms with Gasteiger partial charge in [-0.1, -0.05) is 6.42 Å². The van der Waals surface area contributed by atoms with Crippen LogP contribution in [0.5, 0.6) is 0 Å². The van der Waals surface area contributed by atoms with Crippen molar-refractivity contribution in [1.29, 1.82) is 0 Å². The number of ether oxygens (including phenoxy) is 1. The van der Waals surface area contributed by atoms with Crippen LogP contribution in [0.25, 0.3) is 0 Å². The first-order valence-electron chi connectivity index (χ1n) is 4.39. The molecule has 0 spiro atoms. The molecule has 0 bridgehead atoms. The van der Waals surface area contributed by atoms with Gasteiger partial charge in [-0.15, -0.1) is 0 Å². The quantitative estimate of drug-likeness (QED) is 0.640. The number of hydrogen-bond acceptors (Lipinski definition) is 2. The van der Waals surface area contributed by atoms with Crippen LogP contribution in [-0.4, -0.2) is 11.5 Å². The molecule has 13 heavy (non-hydrogen) atoms. The predicted molar refractivity (Wildman–Crippen MR) is 50.9 cm³/mol. The van der Waals surface area contributed by atoms with Crippen LogP contribution in [0.3, 0.4) is 0 Å². The molecule has 0 atom stereocenters. The van der Waals surface area contributed by atoms with Gasteiger partial charge in [0.15, 0.2) is 0 Å². The third kappa shape index (κ3) is 3.81. The van der Waals surface area contributed by atoms with Gasteiger partial charge >= 0.3 is 6.43 Å². The van der Waals surface area contributed by atoms with Crippen molar-refractivity contribution in [3.63, 3.8) is 0 Å². The normalized spacial score (nSPS) is 17.9. The molecule has 0 unspecified atom stereocenters. The van der Waals surface area contributed by atoms with E-state index in [4.69, 9.17) is 4.74 Å². The van der Waals surface area contributed by atoms with Gasteiger partial charge in [-0.05, 0) is 37.6 Å². The molecule has 1 aliphatic carbocycles. The summed E-state index contributed by atoms with van der Waals surface area (Å²) in [5.41, 5.74) is 0. The fourth-order valence-electron chi connectivity index (χ4n) is 1.25. The minimum absolute atomic E-state index is 0.604. The molecule has 0 aliphatic heterocycles. The average molecular weight is 206 g/mol. The Hall–Kier alpha value is -0.510. The summed E-state index contributed by atoms with van der Waals surface area (Å²) in [5, 5.41) is -0.604. The van der Waals surface area contributed by atoms with E-state index in [1.807, 2.05) is 6.08 Å². The summed E-state index contributed by atoms with van der Waals surface area (Å²) < 4.78 is 28.9. The van der Waals surface area contributed by atoms with Crippen LogP contribution < -0.4 is 0 Å². The van der Waals surface area contributed by atoms with E-state index in [-0.39, 0.29) is 0 Å². The van der Waals surface area contributed by atoms with Crippen molar-refractivity contribution in [2.45, 2.75) is 38.5 Å². The first kappa shape index (κ1) is 10.6. The molecule has 1 rings (SSSR count). The number of allylic oxidation sites excluding steroid dienone is 2. The molecular weight excluding hydrogens is 194 g/mol. The van der Waals surface area contributed by atoms with Crippen LogP contribution in [0.2, 0.25) is 0 Å². The van der Waals surface area contributed by atoms with Gasteiger partial charge in [0.2, 0.25) is 5.05 Å². The van der Waals surface area contributed by atoms with Gasteiger partial charge in [0.1, 0.15) is 5.76 Å². The Morgan fingerprint density at radius 3 is 2.85 bits per heavy atom. The Bertz CT molecular complexity index is 214. The molecule has 0 saturated carbocycles. The Morgan fingerprint density at radius 2 is 2.15 bits per heavy atom. The summed E-state index contributed by atoms with van der Waals surface area (Å²) in [6.45, 7) is 0. The van der Waals surface area contributed by atoms with Crippen LogP contribution >= 0.6 is 12.2 Å². The van der Waals surface area contributed by atoms with Gasteiger partial charge in [0.25, 0.3) is 0 Å². The van der Waals surface area contributed by atoms with Crippen LogP contribution in [-0.2, 0) is 4.74 Å². The van der Waals surface area contributed by atoms with Crippen molar-refractivity contribution < 1.29 is 13.5 Å². The van der Waals surface area contributed by atoms with Crippen LogP contribution in [0.15, 0.2) is 11.8 Å². The van der Waals surface area contributed by atoms with E-state index in [9.17, 15) is 8.78 Å². The number of rotatable bonds is 2. The number of halogens is 2. The first-order chi connectivity index (χ1) is 6.20. The van der Waals surface area contributed by atoms with Crippen molar-refractivity contribution in [3.05, 3.63) is 11.8 Å². The Morgan fingerprint density at radius 1 is 1.38 bits per heavy atom. The maximum absolute atomic E-state index is 12.0. The Kier molecular flexibility index (Phi) is 4.28. The van der Waals surface area contributed by atoms with Crippen LogP contribution in [0.4, 0.5) is 8.78 Å². The number of hydrogen-bond donors (Lipinski definition) is 0. The molecule has 1 nitrogen and oxygen atoms in total. The highest BCUT2D eigenvalue weighted by Crippen LogP contribution is 2.19. The van der Waals surface area contributed by atoms with E-state index in [2.05, 4.69) is 12.2 Å². The Balaban J connectivity index is 2.42. The van der Waals surface area contributed by atoms with E-state index in [1.165, 1.54) is 0 Å². The maximum Gasteiger partial charge on any atom is 0.305 e. The monoisotopic (exact) mass is 206 g/mol. The third-order valence-corrected chi connectivity index (χ3v) is 2.17. The fraction of sp³-hybridized carbons (Fsp3) is 0.667. The molecule has 4 heteroatoms. The number of alkyl halides is 2. The highest BCUT2D eigenvalue weighted by atomic mass is 32.1. The smallest absolute Gasteiger partial charge is 0.305 e. The topological polar surface area (TPSA) is 9.23 Å². The lowest BCUT2D eigenvalue weighted by Crippen LogP contribution is -2.11. The van der Waals surface area contributed by atoms with Gasteiger partial charge in [-0.2, -0.15) is 0 Å². The molecule has 0 aromatic rings. The summed E-state index contributed by atoms with van der Waals surface area (Å²) in [6, 6.07) is 0. The second-order valence-corrected chi connectivity index (χ2v) is 3.39. The maximum atomic E-state index is 12.0. The fourth-order valence-corrected chi connectivity index (χ4v) is 1.36. The largest absolute Gasteiger partial charge is 0.449 e. The van der Waals surface area contributed by atoms with Crippen molar-refractivity contribution in [2.75, 3.05) is 0 Å². The summed E-state index contributed by atoms with van der Waals surface area (Å²) >= 11 is 4.39. The summed E-state index contributed by atoms with van der Waals surface area (Å²) in [5.74, 6) is 0.614. The van der Waals surface area contributed by atoms with Crippen LogP contribution in [0.1, 0.15) is 32.1 Å². The van der Waals surface area contributed by atoms with Crippen molar-refractivity contribution in [3.8, 4) is 0 Å². The average Bonchev–Trinajstić information content (AvgIpc) is 2.32. The zero-order valence-electron chi connectivity index (χ0n) is 7.26. The van der Waals surface area contributed by atoms with E-state index in [1.54, 1.807) is 0 Å². The van der Waals surface area contributed by atoms with Crippen molar-refractivity contribution >= 4 is 17.3 Å². The summed E-state index contributed by atoms with van der Waals surface area (Å²) in [4.78, 5) is 0. The van der Waals surface area contributed by atoms with Gasteiger partial charge in [0, 0.05) is 6.42 Å². The van der Waals surface area contributed by atoms with E-state index >= 15 is 0 Å². The standard InChI is InChI=1S/C9H12F2OS/c10-8(11)9(13)12-7-5-3-1-2-4-6-7/h5,8H,1-4,6H2. The predicted octanol–water partition coefficient (Wildman–Crippen LogP) is 3.44. The zero-order chi connectivity index (χ0) is 9.68. The number of thiocarbonyl (C=S) groups is 1. The first-order valence-corrected chi connectivity index (χ1v) is 4.80. The minimum atomic E-state index is -2.65. The highest BCUT2D eigenvalue weighted by Gasteiger charge is 2.14. The van der Waals surface area contributed by atoms with E-state index in [0.29, 0.717) is 5.76 Å². The highest BCUT2D eigenvalue weighted by molar-refractivity contribution is 7.80. The van der Waals surface area contributed by atoms with E-state index < -0.39 is 11.5 Å². The lowest BCUT2D eigenvalue weighted by molar-refractivity contribution is 0.191. The van der Waals surface area contributed by atoms with Gasteiger partial charge in [0.05, 0.1) is 0 Å². The lowest BCUT2D eigenvalue weighted by atomic mass is 10.2.